The van der Waals surface area contributed by atoms with Crippen LogP contribution in [0, 0.1) is 5.41 Å². The summed E-state index contributed by atoms with van der Waals surface area (Å²) in [7, 11) is 0. The molecule has 1 rings (SSSR count). The number of benzene rings is 1. The molecule has 0 aliphatic rings. The Morgan fingerprint density at radius 2 is 1.91 bits per heavy atom. The van der Waals surface area contributed by atoms with E-state index >= 15 is 0 Å². The van der Waals surface area contributed by atoms with Gasteiger partial charge in [-0.1, -0.05) is 12.1 Å². The second kappa shape index (κ2) is 3.71. The van der Waals surface area contributed by atoms with E-state index in [4.69, 9.17) is 10.5 Å². The number of nitrogens with one attached hydrogen (secondary N) is 1. The molecule has 2 N–H and O–H groups in total. The van der Waals surface area contributed by atoms with Crippen LogP contribution in [0.15, 0.2) is 24.3 Å². The number of halogens is 1. The van der Waals surface area contributed by atoms with Gasteiger partial charge >= 0.3 is 0 Å². The van der Waals surface area contributed by atoms with Gasteiger partial charge in [0.15, 0.2) is 0 Å². The van der Waals surface area contributed by atoms with Gasteiger partial charge < -0.3 is 10.5 Å². The lowest BCUT2D eigenvalue weighted by atomic mass is 10.1. The summed E-state index contributed by atoms with van der Waals surface area (Å²) < 4.78 is 0. The molecule has 2 nitrogen and oxygen atoms in total. The Hall–Kier alpha value is -1.38. The Kier molecular flexibility index (Phi) is 3.24. The second-order valence-electron chi connectivity index (χ2n) is 2.14. The van der Waals surface area contributed by atoms with Crippen molar-refractivity contribution in [3.63, 3.8) is 0 Å². The largest absolute Gasteiger partial charge is 0.507 e. The number of phenolic OH excluding ortho intramolecular Hbond substituents is 1. The van der Waals surface area contributed by atoms with Crippen LogP contribution in [-0.4, -0.2) is 10.8 Å². The first-order chi connectivity index (χ1) is 4.72. The Balaban J connectivity index is 0.000001000. The third-order valence-corrected chi connectivity index (χ3v) is 1.31. The summed E-state index contributed by atoms with van der Waals surface area (Å²) in [6, 6.07) is 6.83. The van der Waals surface area contributed by atoms with E-state index < -0.39 is 0 Å². The van der Waals surface area contributed by atoms with E-state index in [0.29, 0.717) is 11.3 Å². The number of hydrogen-bond donors (Lipinski definition) is 2. The molecule has 11 heavy (non-hydrogen) atoms. The maximum absolute atomic E-state index is 9.14. The lowest BCUT2D eigenvalue weighted by molar-refractivity contribution is 0.474. The van der Waals surface area contributed by atoms with Crippen molar-refractivity contribution in [2.75, 3.05) is 0 Å². The van der Waals surface area contributed by atoms with Crippen LogP contribution in [0.4, 0.5) is 4.70 Å². The molecule has 0 atom stereocenters. The highest BCUT2D eigenvalue weighted by Gasteiger charge is 1.98. The average molecular weight is 155 g/mol. The van der Waals surface area contributed by atoms with Gasteiger partial charge in [-0.05, 0) is 19.1 Å². The first-order valence-electron chi connectivity index (χ1n) is 3.05. The van der Waals surface area contributed by atoms with Gasteiger partial charge in [-0.3, -0.25) is 4.70 Å². The fourth-order valence-electron chi connectivity index (χ4n) is 0.791. The SMILES string of the molecule is CC(=N)c1ccccc1O.F. The quantitative estimate of drug-likeness (QED) is 0.598. The third-order valence-electron chi connectivity index (χ3n) is 1.31. The maximum atomic E-state index is 9.14. The fraction of sp³-hybridized carbons (Fsp3) is 0.125. The zero-order chi connectivity index (χ0) is 7.56. The van der Waals surface area contributed by atoms with Crippen molar-refractivity contribution >= 4 is 5.71 Å². The minimum absolute atomic E-state index is 0. The van der Waals surface area contributed by atoms with Gasteiger partial charge in [0.05, 0.1) is 0 Å². The molecule has 0 bridgehead atoms. The molecule has 0 saturated heterocycles. The van der Waals surface area contributed by atoms with Crippen molar-refractivity contribution in [3.8, 4) is 5.75 Å². The van der Waals surface area contributed by atoms with Crippen molar-refractivity contribution in [2.45, 2.75) is 6.92 Å². The number of hydrogen-bond acceptors (Lipinski definition) is 2. The van der Waals surface area contributed by atoms with Gasteiger partial charge in [-0.15, -0.1) is 0 Å². The molecule has 0 spiro atoms. The highest BCUT2D eigenvalue weighted by molar-refractivity contribution is 5.98. The third kappa shape index (κ3) is 2.04. The first kappa shape index (κ1) is 9.62. The van der Waals surface area contributed by atoms with Gasteiger partial charge in [0.2, 0.25) is 0 Å². The number of rotatable bonds is 1. The molecule has 0 saturated carbocycles. The highest BCUT2D eigenvalue weighted by atomic mass is 19.0. The monoisotopic (exact) mass is 155 g/mol. The molecule has 0 aliphatic carbocycles. The van der Waals surface area contributed by atoms with E-state index in [1.54, 1.807) is 31.2 Å². The molecule has 0 unspecified atom stereocenters. The van der Waals surface area contributed by atoms with Crippen molar-refractivity contribution in [1.29, 1.82) is 5.41 Å². The lowest BCUT2D eigenvalue weighted by Crippen LogP contribution is -1.90. The van der Waals surface area contributed by atoms with Gasteiger partial charge in [0, 0.05) is 11.3 Å². The van der Waals surface area contributed by atoms with E-state index in [2.05, 4.69) is 0 Å². The molecule has 60 valence electrons. The summed E-state index contributed by atoms with van der Waals surface area (Å²) in [5, 5.41) is 16.4. The first-order valence-corrected chi connectivity index (χ1v) is 3.05. The van der Waals surface area contributed by atoms with Gasteiger partial charge in [-0.25, -0.2) is 0 Å². The molecule has 1 aromatic carbocycles. The van der Waals surface area contributed by atoms with Crippen molar-refractivity contribution in [3.05, 3.63) is 29.8 Å². The van der Waals surface area contributed by atoms with Crippen LogP contribution in [0.2, 0.25) is 0 Å². The van der Waals surface area contributed by atoms with Crippen LogP contribution in [0.25, 0.3) is 0 Å². The van der Waals surface area contributed by atoms with Crippen LogP contribution in [0.5, 0.6) is 5.75 Å². The van der Waals surface area contributed by atoms with Crippen LogP contribution >= 0.6 is 0 Å². The molecule has 0 heterocycles. The summed E-state index contributed by atoms with van der Waals surface area (Å²) >= 11 is 0. The fourth-order valence-corrected chi connectivity index (χ4v) is 0.791. The molecule has 0 amide bonds. The summed E-state index contributed by atoms with van der Waals surface area (Å²) in [5.74, 6) is 0.176. The molecule has 1 aromatic rings. The predicted octanol–water partition coefficient (Wildman–Crippen LogP) is 1.93. The average Bonchev–Trinajstić information content (AvgIpc) is 1.88. The van der Waals surface area contributed by atoms with Gasteiger partial charge in [0.1, 0.15) is 5.75 Å². The predicted molar refractivity (Wildman–Crippen MR) is 43.1 cm³/mol. The molecule has 0 aromatic heterocycles. The number of aromatic hydroxyl groups is 1. The topological polar surface area (TPSA) is 44.1 Å². The summed E-state index contributed by atoms with van der Waals surface area (Å²) in [6.45, 7) is 1.65. The molecule has 0 aliphatic heterocycles. The highest BCUT2D eigenvalue weighted by Crippen LogP contribution is 2.15. The Morgan fingerprint density at radius 1 is 1.36 bits per heavy atom. The van der Waals surface area contributed by atoms with Gasteiger partial charge in [-0.2, -0.15) is 0 Å². The van der Waals surface area contributed by atoms with Gasteiger partial charge in [0.25, 0.3) is 0 Å². The Morgan fingerprint density at radius 3 is 2.27 bits per heavy atom. The number of phenols is 1. The zero-order valence-corrected chi connectivity index (χ0v) is 6.16. The molecule has 0 fully saturated rings. The summed E-state index contributed by atoms with van der Waals surface area (Å²) in [5.41, 5.74) is 0.987. The van der Waals surface area contributed by atoms with E-state index in [0.717, 1.165) is 0 Å². The lowest BCUT2D eigenvalue weighted by Gasteiger charge is -1.98. The standard InChI is InChI=1S/C8H9NO.FH/c1-6(9)7-4-2-3-5-8(7)10;/h2-5,9-10H,1H3;1H. The van der Waals surface area contributed by atoms with E-state index in [1.807, 2.05) is 0 Å². The molecular formula is C8H10FNO. The molecular weight excluding hydrogens is 145 g/mol. The maximum Gasteiger partial charge on any atom is 0.124 e. The smallest absolute Gasteiger partial charge is 0.124 e. The number of para-hydroxylation sites is 1. The second-order valence-corrected chi connectivity index (χ2v) is 2.14. The van der Waals surface area contributed by atoms with Crippen molar-refractivity contribution in [2.24, 2.45) is 0 Å². The minimum atomic E-state index is 0. The Bertz CT molecular complexity index is 260. The van der Waals surface area contributed by atoms with Crippen LogP contribution < -0.4 is 0 Å². The van der Waals surface area contributed by atoms with E-state index in [-0.39, 0.29) is 10.5 Å². The normalized spacial score (nSPS) is 8.45. The summed E-state index contributed by atoms with van der Waals surface area (Å²) in [4.78, 5) is 0. The van der Waals surface area contributed by atoms with Crippen molar-refractivity contribution in [1.82, 2.24) is 0 Å². The zero-order valence-electron chi connectivity index (χ0n) is 6.16. The minimum Gasteiger partial charge on any atom is -0.507 e. The van der Waals surface area contributed by atoms with Crippen LogP contribution in [0.1, 0.15) is 12.5 Å². The van der Waals surface area contributed by atoms with Crippen molar-refractivity contribution < 1.29 is 9.81 Å². The summed E-state index contributed by atoms with van der Waals surface area (Å²) in [6.07, 6.45) is 0. The van der Waals surface area contributed by atoms with E-state index in [1.165, 1.54) is 0 Å². The van der Waals surface area contributed by atoms with E-state index in [9.17, 15) is 0 Å². The Labute approximate surface area is 64.4 Å². The van der Waals surface area contributed by atoms with Crippen LogP contribution in [-0.2, 0) is 0 Å². The molecule has 0 radical (unpaired) electrons. The molecule has 3 heteroatoms. The van der Waals surface area contributed by atoms with Crippen LogP contribution in [0.3, 0.4) is 0 Å².